The van der Waals surface area contributed by atoms with Gasteiger partial charge in [0.2, 0.25) is 5.95 Å². The van der Waals surface area contributed by atoms with Crippen molar-refractivity contribution >= 4 is 17.5 Å². The molecule has 0 unspecified atom stereocenters. The van der Waals surface area contributed by atoms with Crippen LogP contribution in [0.2, 0.25) is 0 Å². The quantitative estimate of drug-likeness (QED) is 0.643. The summed E-state index contributed by atoms with van der Waals surface area (Å²) >= 11 is 0. The summed E-state index contributed by atoms with van der Waals surface area (Å²) in [6, 6.07) is 9.53. The van der Waals surface area contributed by atoms with E-state index < -0.39 is 0 Å². The summed E-state index contributed by atoms with van der Waals surface area (Å²) in [4.78, 5) is 20.9. The maximum absolute atomic E-state index is 11.9. The lowest BCUT2D eigenvalue weighted by atomic mass is 10.1. The highest BCUT2D eigenvalue weighted by molar-refractivity contribution is 5.94. The highest BCUT2D eigenvalue weighted by atomic mass is 16.1. The number of nitrogens with one attached hydrogen (secondary N) is 2. The van der Waals surface area contributed by atoms with E-state index in [1.165, 1.54) is 12.8 Å². The van der Waals surface area contributed by atoms with E-state index in [0.717, 1.165) is 22.5 Å². The number of hydrogen-bond donors (Lipinski definition) is 2. The summed E-state index contributed by atoms with van der Waals surface area (Å²) in [5.41, 5.74) is 3.95. The van der Waals surface area contributed by atoms with Crippen molar-refractivity contribution in [1.29, 1.82) is 5.26 Å². The molecule has 4 rings (SSSR count). The van der Waals surface area contributed by atoms with Crippen molar-refractivity contribution in [1.82, 2.24) is 25.1 Å². The van der Waals surface area contributed by atoms with Crippen LogP contribution in [0.3, 0.4) is 0 Å². The Hall–Kier alpha value is -3.73. The van der Waals surface area contributed by atoms with E-state index >= 15 is 0 Å². The van der Waals surface area contributed by atoms with E-state index in [4.69, 9.17) is 5.26 Å². The molecule has 0 radical (unpaired) electrons. The van der Waals surface area contributed by atoms with Gasteiger partial charge in [0.15, 0.2) is 0 Å². The van der Waals surface area contributed by atoms with Gasteiger partial charge in [0.1, 0.15) is 6.54 Å². The Morgan fingerprint density at radius 1 is 1.29 bits per heavy atom. The Morgan fingerprint density at radius 3 is 2.79 bits per heavy atom. The van der Waals surface area contributed by atoms with E-state index in [2.05, 4.69) is 25.7 Å². The fraction of sp³-hybridized carbons (Fsp3) is 0.250. The molecule has 2 aromatic heterocycles. The second-order valence-corrected chi connectivity index (χ2v) is 6.71. The molecular formula is C20H19N7O. The van der Waals surface area contributed by atoms with Crippen LogP contribution in [0, 0.1) is 18.3 Å². The fourth-order valence-electron chi connectivity index (χ4n) is 2.87. The van der Waals surface area contributed by atoms with Gasteiger partial charge in [-0.2, -0.15) is 10.4 Å². The lowest BCUT2D eigenvalue weighted by Gasteiger charge is -2.09. The second kappa shape index (κ2) is 7.48. The van der Waals surface area contributed by atoms with Crippen LogP contribution < -0.4 is 10.6 Å². The number of amides is 1. The molecule has 2 N–H and O–H groups in total. The third-order valence-electron chi connectivity index (χ3n) is 4.50. The van der Waals surface area contributed by atoms with Crippen LogP contribution in [0.4, 0.5) is 11.6 Å². The third-order valence-corrected chi connectivity index (χ3v) is 4.50. The summed E-state index contributed by atoms with van der Waals surface area (Å²) in [7, 11) is 0. The van der Waals surface area contributed by atoms with E-state index in [1.54, 1.807) is 24.5 Å². The van der Waals surface area contributed by atoms with Crippen molar-refractivity contribution in [3.63, 3.8) is 0 Å². The number of carbonyl (C=O) groups is 1. The normalized spacial score (nSPS) is 13.0. The Labute approximate surface area is 162 Å². The number of benzene rings is 1. The van der Waals surface area contributed by atoms with Crippen molar-refractivity contribution in [3.05, 3.63) is 54.0 Å². The third kappa shape index (κ3) is 3.83. The molecule has 0 aliphatic heterocycles. The minimum Gasteiger partial charge on any atom is -0.339 e. The predicted octanol–water partition coefficient (Wildman–Crippen LogP) is 2.98. The Bertz CT molecular complexity index is 1050. The van der Waals surface area contributed by atoms with Gasteiger partial charge in [-0.15, -0.1) is 0 Å². The molecule has 28 heavy (non-hydrogen) atoms. The first-order valence-corrected chi connectivity index (χ1v) is 9.04. The molecule has 0 atom stereocenters. The van der Waals surface area contributed by atoms with Gasteiger partial charge in [-0.25, -0.2) is 9.97 Å². The molecule has 1 aliphatic carbocycles. The van der Waals surface area contributed by atoms with Gasteiger partial charge < -0.3 is 10.6 Å². The summed E-state index contributed by atoms with van der Waals surface area (Å²) < 4.78 is 1.97. The van der Waals surface area contributed by atoms with E-state index in [9.17, 15) is 4.79 Å². The largest absolute Gasteiger partial charge is 0.339 e. The number of rotatable bonds is 6. The van der Waals surface area contributed by atoms with Crippen LogP contribution in [-0.4, -0.2) is 32.2 Å². The van der Waals surface area contributed by atoms with Gasteiger partial charge in [0, 0.05) is 23.5 Å². The van der Waals surface area contributed by atoms with Crippen molar-refractivity contribution in [2.75, 3.05) is 11.9 Å². The highest BCUT2D eigenvalue weighted by Crippen LogP contribution is 2.34. The standard InChI is InChI=1S/C20H19N7O/c1-13-10-23-20(25-16-11-24-27(12-16)17-6-7-17)26-18(13)14-2-4-15(5-3-14)19(28)22-9-8-21/h2-5,10-12,17H,6-7,9H2,1H3,(H,22,28)(H,23,25,26). The average Bonchev–Trinajstić information content (AvgIpc) is 3.47. The summed E-state index contributed by atoms with van der Waals surface area (Å²) in [5.74, 6) is 0.217. The fourth-order valence-corrected chi connectivity index (χ4v) is 2.87. The first kappa shape index (κ1) is 17.7. The number of hydrogen-bond acceptors (Lipinski definition) is 6. The second-order valence-electron chi connectivity index (χ2n) is 6.71. The molecule has 3 aromatic rings. The van der Waals surface area contributed by atoms with Crippen molar-refractivity contribution in [3.8, 4) is 17.3 Å². The molecule has 0 saturated heterocycles. The van der Waals surface area contributed by atoms with Gasteiger partial charge in [0.05, 0.1) is 29.7 Å². The van der Waals surface area contributed by atoms with Crippen LogP contribution in [0.1, 0.15) is 34.8 Å². The van der Waals surface area contributed by atoms with Crippen LogP contribution in [-0.2, 0) is 0 Å². The molecule has 1 aromatic carbocycles. The predicted molar refractivity (Wildman–Crippen MR) is 104 cm³/mol. The summed E-state index contributed by atoms with van der Waals surface area (Å²) in [6.07, 6.45) is 7.86. The van der Waals surface area contributed by atoms with E-state index in [-0.39, 0.29) is 12.5 Å². The number of nitriles is 1. The summed E-state index contributed by atoms with van der Waals surface area (Å²) in [6.45, 7) is 1.93. The van der Waals surface area contributed by atoms with Crippen molar-refractivity contribution < 1.29 is 4.79 Å². The maximum atomic E-state index is 11.9. The monoisotopic (exact) mass is 373 g/mol. The molecule has 140 valence electrons. The van der Waals surface area contributed by atoms with Crippen LogP contribution >= 0.6 is 0 Å². The van der Waals surface area contributed by atoms with E-state index in [0.29, 0.717) is 17.6 Å². The molecule has 2 heterocycles. The van der Waals surface area contributed by atoms with E-state index in [1.807, 2.05) is 36.0 Å². The smallest absolute Gasteiger partial charge is 0.252 e. The molecular weight excluding hydrogens is 354 g/mol. The lowest BCUT2D eigenvalue weighted by molar-refractivity contribution is 0.0958. The van der Waals surface area contributed by atoms with Crippen LogP contribution in [0.15, 0.2) is 42.9 Å². The highest BCUT2D eigenvalue weighted by Gasteiger charge is 2.24. The number of aromatic nitrogens is 4. The van der Waals surface area contributed by atoms with Gasteiger partial charge in [-0.05, 0) is 37.5 Å². The first-order valence-electron chi connectivity index (χ1n) is 9.04. The molecule has 0 spiro atoms. The number of anilines is 2. The lowest BCUT2D eigenvalue weighted by Crippen LogP contribution is -2.23. The Morgan fingerprint density at radius 2 is 2.07 bits per heavy atom. The number of carbonyl (C=O) groups excluding carboxylic acids is 1. The van der Waals surface area contributed by atoms with Gasteiger partial charge in [-0.1, -0.05) is 12.1 Å². The topological polar surface area (TPSA) is 109 Å². The Kier molecular flexibility index (Phi) is 4.72. The maximum Gasteiger partial charge on any atom is 0.252 e. The Balaban J connectivity index is 1.53. The summed E-state index contributed by atoms with van der Waals surface area (Å²) in [5, 5.41) is 18.6. The van der Waals surface area contributed by atoms with Gasteiger partial charge in [0.25, 0.3) is 5.91 Å². The van der Waals surface area contributed by atoms with Crippen molar-refractivity contribution in [2.24, 2.45) is 0 Å². The molecule has 8 heteroatoms. The SMILES string of the molecule is Cc1cnc(Nc2cnn(C3CC3)c2)nc1-c1ccc(C(=O)NCC#N)cc1. The molecule has 1 fully saturated rings. The number of aryl methyl sites for hydroxylation is 1. The van der Waals surface area contributed by atoms with Crippen LogP contribution in [0.5, 0.6) is 0 Å². The molecule has 1 saturated carbocycles. The average molecular weight is 373 g/mol. The minimum atomic E-state index is -0.275. The molecule has 1 aliphatic rings. The van der Waals surface area contributed by atoms with Gasteiger partial charge >= 0.3 is 0 Å². The zero-order valence-electron chi connectivity index (χ0n) is 15.4. The minimum absolute atomic E-state index is 0.0159. The molecule has 0 bridgehead atoms. The van der Waals surface area contributed by atoms with Crippen molar-refractivity contribution in [2.45, 2.75) is 25.8 Å². The van der Waals surface area contributed by atoms with Gasteiger partial charge in [-0.3, -0.25) is 9.48 Å². The zero-order chi connectivity index (χ0) is 19.5. The molecule has 1 amide bonds. The molecule has 8 nitrogen and oxygen atoms in total. The zero-order valence-corrected chi connectivity index (χ0v) is 15.4. The number of nitrogens with zero attached hydrogens (tertiary/aromatic N) is 5. The van der Waals surface area contributed by atoms with Crippen LogP contribution in [0.25, 0.3) is 11.3 Å². The first-order chi connectivity index (χ1) is 13.6.